The topological polar surface area (TPSA) is 110 Å². The minimum Gasteiger partial charge on any atom is -0.366 e. The maximum atomic E-state index is 10.9. The molecule has 0 spiro atoms. The summed E-state index contributed by atoms with van der Waals surface area (Å²) in [6, 6.07) is 3.48. The van der Waals surface area contributed by atoms with Crippen LogP contribution in [0, 0.1) is 18.3 Å². The number of carbonyl (C=O) groups is 1. The molecule has 2 heterocycles. The van der Waals surface area contributed by atoms with Crippen molar-refractivity contribution >= 4 is 5.91 Å². The van der Waals surface area contributed by atoms with E-state index < -0.39 is 5.91 Å². The van der Waals surface area contributed by atoms with Gasteiger partial charge >= 0.3 is 0 Å². The number of hydrogen-bond acceptors (Lipinski definition) is 5. The second-order valence-corrected chi connectivity index (χ2v) is 3.34. The molecule has 7 nitrogen and oxygen atoms in total. The van der Waals surface area contributed by atoms with Crippen molar-refractivity contribution in [3.63, 3.8) is 0 Å². The van der Waals surface area contributed by atoms with E-state index >= 15 is 0 Å². The van der Waals surface area contributed by atoms with Crippen molar-refractivity contribution in [2.24, 2.45) is 5.73 Å². The molecule has 0 aliphatic heterocycles. The van der Waals surface area contributed by atoms with Gasteiger partial charge in [0.25, 0.3) is 11.9 Å². The van der Waals surface area contributed by atoms with E-state index in [4.69, 9.17) is 11.0 Å². The second kappa shape index (κ2) is 4.02. The first-order chi connectivity index (χ1) is 8.10. The molecular formula is C10H8N6O. The Kier molecular flexibility index (Phi) is 2.54. The molecule has 2 rings (SSSR count). The second-order valence-electron chi connectivity index (χ2n) is 3.34. The predicted octanol–water partition coefficient (Wildman–Crippen LogP) is -0.0587. The molecule has 0 unspecified atom stereocenters. The normalized spacial score (nSPS) is 9.88. The molecule has 84 valence electrons. The van der Waals surface area contributed by atoms with Gasteiger partial charge in [0.1, 0.15) is 11.8 Å². The van der Waals surface area contributed by atoms with Crippen molar-refractivity contribution in [2.45, 2.75) is 6.92 Å². The Morgan fingerprint density at radius 2 is 2.29 bits per heavy atom. The summed E-state index contributed by atoms with van der Waals surface area (Å²) in [6.07, 6.45) is 2.73. The molecule has 0 radical (unpaired) electrons. The molecule has 0 aliphatic rings. The van der Waals surface area contributed by atoms with Crippen LogP contribution in [0.15, 0.2) is 18.5 Å². The summed E-state index contributed by atoms with van der Waals surface area (Å²) in [6.45, 7) is 1.74. The highest BCUT2D eigenvalue weighted by Crippen LogP contribution is 2.05. The van der Waals surface area contributed by atoms with E-state index in [1.807, 2.05) is 6.07 Å². The number of amides is 1. The summed E-state index contributed by atoms with van der Waals surface area (Å²) in [5, 5.41) is 12.7. The van der Waals surface area contributed by atoms with E-state index in [9.17, 15) is 4.79 Å². The number of nitrogens with zero attached hydrogens (tertiary/aromatic N) is 5. The van der Waals surface area contributed by atoms with Crippen LogP contribution in [-0.2, 0) is 0 Å². The van der Waals surface area contributed by atoms with E-state index in [1.165, 1.54) is 17.1 Å². The fourth-order valence-electron chi connectivity index (χ4n) is 1.27. The van der Waals surface area contributed by atoms with Crippen molar-refractivity contribution in [3.8, 4) is 12.0 Å². The third-order valence-corrected chi connectivity index (χ3v) is 2.03. The van der Waals surface area contributed by atoms with Crippen LogP contribution in [0.25, 0.3) is 5.95 Å². The maximum Gasteiger partial charge on any atom is 0.252 e. The summed E-state index contributed by atoms with van der Waals surface area (Å²) >= 11 is 0. The van der Waals surface area contributed by atoms with Crippen LogP contribution in [0.5, 0.6) is 0 Å². The molecule has 2 aromatic rings. The van der Waals surface area contributed by atoms with Crippen molar-refractivity contribution in [3.05, 3.63) is 35.4 Å². The Hall–Kier alpha value is -2.75. The van der Waals surface area contributed by atoms with Gasteiger partial charge in [-0.25, -0.2) is 14.6 Å². The first kappa shape index (κ1) is 10.8. The molecule has 0 bridgehead atoms. The Bertz CT molecular complexity index is 624. The largest absolute Gasteiger partial charge is 0.366 e. The lowest BCUT2D eigenvalue weighted by Gasteiger charge is -2.00. The lowest BCUT2D eigenvalue weighted by atomic mass is 10.3. The van der Waals surface area contributed by atoms with Crippen LogP contribution < -0.4 is 5.73 Å². The SMILES string of the molecule is Cc1cc(C#N)nc(-n2cc(C(N)=O)cn2)n1. The summed E-state index contributed by atoms with van der Waals surface area (Å²) < 4.78 is 1.30. The molecule has 2 aromatic heterocycles. The smallest absolute Gasteiger partial charge is 0.252 e. The lowest BCUT2D eigenvalue weighted by Crippen LogP contribution is -2.10. The third-order valence-electron chi connectivity index (χ3n) is 2.03. The fourth-order valence-corrected chi connectivity index (χ4v) is 1.27. The van der Waals surface area contributed by atoms with Gasteiger partial charge in [0.05, 0.1) is 11.8 Å². The van der Waals surface area contributed by atoms with E-state index in [1.54, 1.807) is 13.0 Å². The van der Waals surface area contributed by atoms with E-state index in [-0.39, 0.29) is 17.2 Å². The lowest BCUT2D eigenvalue weighted by molar-refractivity contribution is 0.100. The van der Waals surface area contributed by atoms with Gasteiger partial charge in [0, 0.05) is 11.9 Å². The van der Waals surface area contributed by atoms with E-state index in [0.717, 1.165) is 0 Å². The Morgan fingerprint density at radius 1 is 1.53 bits per heavy atom. The van der Waals surface area contributed by atoms with Crippen LogP contribution in [0.4, 0.5) is 0 Å². The van der Waals surface area contributed by atoms with Crippen LogP contribution in [-0.4, -0.2) is 25.7 Å². The van der Waals surface area contributed by atoms with Gasteiger partial charge in [0.2, 0.25) is 0 Å². The van der Waals surface area contributed by atoms with Gasteiger partial charge in [-0.05, 0) is 13.0 Å². The number of nitrogens with two attached hydrogens (primary N) is 1. The summed E-state index contributed by atoms with van der Waals surface area (Å²) in [4.78, 5) is 19.0. The summed E-state index contributed by atoms with van der Waals surface area (Å²) in [5.74, 6) is -0.349. The number of primary amides is 1. The van der Waals surface area contributed by atoms with Crippen molar-refractivity contribution < 1.29 is 4.79 Å². The highest BCUT2D eigenvalue weighted by Gasteiger charge is 2.08. The van der Waals surface area contributed by atoms with Gasteiger partial charge in [-0.3, -0.25) is 4.79 Å². The average Bonchev–Trinajstić information content (AvgIpc) is 2.77. The van der Waals surface area contributed by atoms with Crippen LogP contribution >= 0.6 is 0 Å². The maximum absolute atomic E-state index is 10.9. The zero-order valence-electron chi connectivity index (χ0n) is 8.95. The minimum atomic E-state index is -0.579. The molecule has 1 amide bonds. The molecule has 0 saturated heterocycles. The quantitative estimate of drug-likeness (QED) is 0.774. The van der Waals surface area contributed by atoms with Crippen molar-refractivity contribution in [2.75, 3.05) is 0 Å². The Balaban J connectivity index is 2.49. The Morgan fingerprint density at radius 3 is 2.88 bits per heavy atom. The van der Waals surface area contributed by atoms with Gasteiger partial charge in [-0.2, -0.15) is 10.4 Å². The van der Waals surface area contributed by atoms with Crippen LogP contribution in [0.2, 0.25) is 0 Å². The molecular weight excluding hydrogens is 220 g/mol. The zero-order valence-corrected chi connectivity index (χ0v) is 8.95. The number of nitriles is 1. The molecule has 0 fully saturated rings. The standard InChI is InChI=1S/C10H8N6O/c1-6-2-8(3-11)15-10(14-6)16-5-7(4-13-16)9(12)17/h2,4-5H,1H3,(H2,12,17). The first-order valence-corrected chi connectivity index (χ1v) is 4.71. The molecule has 7 heteroatoms. The number of aromatic nitrogens is 4. The van der Waals surface area contributed by atoms with E-state index in [2.05, 4.69) is 15.1 Å². The van der Waals surface area contributed by atoms with Gasteiger partial charge in [0.15, 0.2) is 0 Å². The zero-order chi connectivity index (χ0) is 12.4. The first-order valence-electron chi connectivity index (χ1n) is 4.71. The summed E-state index contributed by atoms with van der Waals surface area (Å²) in [5.41, 5.74) is 6.24. The van der Waals surface area contributed by atoms with Crippen LogP contribution in [0.1, 0.15) is 21.7 Å². The van der Waals surface area contributed by atoms with Gasteiger partial charge in [-0.15, -0.1) is 0 Å². The number of carbonyl (C=O) groups excluding carboxylic acids is 1. The average molecular weight is 228 g/mol. The highest BCUT2D eigenvalue weighted by atomic mass is 16.1. The molecule has 0 aliphatic carbocycles. The number of hydrogen-bond donors (Lipinski definition) is 1. The monoisotopic (exact) mass is 228 g/mol. The van der Waals surface area contributed by atoms with E-state index in [0.29, 0.717) is 5.69 Å². The minimum absolute atomic E-state index is 0.231. The molecule has 17 heavy (non-hydrogen) atoms. The van der Waals surface area contributed by atoms with Crippen LogP contribution in [0.3, 0.4) is 0 Å². The molecule has 2 N–H and O–H groups in total. The van der Waals surface area contributed by atoms with Gasteiger partial charge < -0.3 is 5.73 Å². The van der Waals surface area contributed by atoms with Crippen molar-refractivity contribution in [1.82, 2.24) is 19.7 Å². The Labute approximate surface area is 96.5 Å². The number of rotatable bonds is 2. The fraction of sp³-hybridized carbons (Fsp3) is 0.100. The number of aryl methyl sites for hydroxylation is 1. The predicted molar refractivity (Wildman–Crippen MR) is 57.1 cm³/mol. The summed E-state index contributed by atoms with van der Waals surface area (Å²) in [7, 11) is 0. The molecule has 0 atom stereocenters. The highest BCUT2D eigenvalue weighted by molar-refractivity contribution is 5.92. The third kappa shape index (κ3) is 2.10. The molecule has 0 aromatic carbocycles. The molecule has 0 saturated carbocycles. The van der Waals surface area contributed by atoms with Gasteiger partial charge in [-0.1, -0.05) is 0 Å². The van der Waals surface area contributed by atoms with Crippen molar-refractivity contribution in [1.29, 1.82) is 5.26 Å².